The van der Waals surface area contributed by atoms with Gasteiger partial charge < -0.3 is 44.1 Å². The van der Waals surface area contributed by atoms with Gasteiger partial charge in [-0.15, -0.1) is 0 Å². The predicted molar refractivity (Wildman–Crippen MR) is 221 cm³/mol. The predicted octanol–water partition coefficient (Wildman–Crippen LogP) is 5.45. The summed E-state index contributed by atoms with van der Waals surface area (Å²) in [6.07, 6.45) is 6.89. The van der Waals surface area contributed by atoms with Gasteiger partial charge in [-0.1, -0.05) is 87.4 Å². The number of hydrogen-bond donors (Lipinski definition) is 4. The molecule has 59 heavy (non-hydrogen) atoms. The van der Waals surface area contributed by atoms with E-state index in [9.17, 15) is 23.7 Å². The van der Waals surface area contributed by atoms with Gasteiger partial charge in [-0.05, 0) is 40.5 Å². The van der Waals surface area contributed by atoms with E-state index in [0.717, 1.165) is 39.9 Å². The van der Waals surface area contributed by atoms with Crippen molar-refractivity contribution in [2.75, 3.05) is 33.1 Å². The lowest BCUT2D eigenvalue weighted by Crippen LogP contribution is -2.51. The second-order valence-electron chi connectivity index (χ2n) is 15.7. The van der Waals surface area contributed by atoms with Crippen molar-refractivity contribution in [1.82, 2.24) is 35.1 Å². The molecule has 2 aliphatic rings. The minimum atomic E-state index is -1.17. The highest BCUT2D eigenvalue weighted by atomic mass is 32.2. The van der Waals surface area contributed by atoms with Crippen LogP contribution in [0.5, 0.6) is 0 Å². The fourth-order valence-electron chi connectivity index (χ4n) is 7.79. The Morgan fingerprint density at radius 3 is 1.86 bits per heavy atom. The molecule has 2 aliphatic heterocycles. The minimum absolute atomic E-state index is 0.0185. The van der Waals surface area contributed by atoms with Crippen molar-refractivity contribution in [3.8, 4) is 33.6 Å². The van der Waals surface area contributed by atoms with Crippen molar-refractivity contribution in [3.63, 3.8) is 0 Å². The van der Waals surface area contributed by atoms with E-state index in [1.54, 1.807) is 28.4 Å². The van der Waals surface area contributed by atoms with E-state index in [-0.39, 0.29) is 54.5 Å². The van der Waals surface area contributed by atoms with Crippen LogP contribution < -0.4 is 5.32 Å². The highest BCUT2D eigenvalue weighted by molar-refractivity contribution is 7.91. The molecule has 2 aromatic carbocycles. The molecule has 0 saturated carbocycles. The topological polar surface area (TPSA) is 219 Å². The number of nitrogens with zero attached hydrogens (tertiary/aromatic N) is 4. The van der Waals surface area contributed by atoms with Crippen molar-refractivity contribution < 1.29 is 38.2 Å². The molecule has 0 radical (unpaired) electrons. The number of alkyl carbamates (subject to hydrolysis) is 1. The first kappa shape index (κ1) is 43.1. The zero-order chi connectivity index (χ0) is 42.4. The van der Waals surface area contributed by atoms with Crippen LogP contribution in [0.4, 0.5) is 4.79 Å². The molecular weight excluding hydrogens is 777 g/mol. The van der Waals surface area contributed by atoms with Gasteiger partial charge in [0.15, 0.2) is 0 Å². The van der Waals surface area contributed by atoms with E-state index >= 15 is 0 Å². The zero-order valence-corrected chi connectivity index (χ0v) is 34.9. The fourth-order valence-corrected chi connectivity index (χ4v) is 8.61. The van der Waals surface area contributed by atoms with Crippen molar-refractivity contribution in [1.29, 1.82) is 5.41 Å². The van der Waals surface area contributed by atoms with E-state index < -0.39 is 41.3 Å². The van der Waals surface area contributed by atoms with Gasteiger partial charge in [0, 0.05) is 18.9 Å². The summed E-state index contributed by atoms with van der Waals surface area (Å²) in [5, 5.41) is 9.44. The molecule has 3 amide bonds. The number of rotatable bonds is 16. The van der Waals surface area contributed by atoms with Gasteiger partial charge in [0.2, 0.25) is 18.2 Å². The Hall–Kier alpha value is -5.52. The maximum atomic E-state index is 13.8. The van der Waals surface area contributed by atoms with Crippen LogP contribution >= 0.6 is 0 Å². The number of aromatic nitrogens is 4. The van der Waals surface area contributed by atoms with Crippen molar-refractivity contribution in [2.45, 2.75) is 63.9 Å². The molecule has 7 atom stereocenters. The third-order valence-corrected chi connectivity index (χ3v) is 12.5. The lowest BCUT2D eigenvalue weighted by Gasteiger charge is -2.29. The number of carbonyl (C=O) groups excluding carboxylic acids is 4. The number of nitrogens with one attached hydrogen (secondary N) is 4. The van der Waals surface area contributed by atoms with Gasteiger partial charge in [-0.2, -0.15) is 4.89 Å². The number of likely N-dealkylation sites (tertiary alicyclic amines) is 2. The van der Waals surface area contributed by atoms with Gasteiger partial charge in [-0.3, -0.25) is 15.0 Å². The molecule has 314 valence electrons. The SMILES string of the molecule is COC(=O)N[C@H](C(=O)N1C[C@@H]([S+](C)[O-])C[C@H]1c1ncc(-c2ccc(-c3ccc(-c4cnc([C@@H]5C[C@H](C=O)CN5C(=O)[C@@H](COOC=N)C(C)C)[nH]4)cc3)cc2)[nH]1)C(C)C. The summed E-state index contributed by atoms with van der Waals surface area (Å²) < 4.78 is 17.3. The van der Waals surface area contributed by atoms with Crippen LogP contribution in [0.1, 0.15) is 64.3 Å². The number of H-pyrrole nitrogens is 2. The smallest absolute Gasteiger partial charge is 0.407 e. The molecule has 0 spiro atoms. The Morgan fingerprint density at radius 2 is 1.39 bits per heavy atom. The summed E-state index contributed by atoms with van der Waals surface area (Å²) in [6.45, 7) is 8.07. The second kappa shape index (κ2) is 19.0. The number of benzene rings is 2. The van der Waals surface area contributed by atoms with E-state index in [4.69, 9.17) is 15.0 Å². The zero-order valence-electron chi connectivity index (χ0n) is 34.0. The maximum absolute atomic E-state index is 13.8. The first-order valence-corrected chi connectivity index (χ1v) is 21.3. The standard InChI is InChI=1S/C42H52N8O8S/c1-24(2)32(22-57-58-23-43)40(52)49-19-26(21-51)15-35(49)38-44-17-33(46-38)29-11-7-27(8-12-29)28-9-13-30(14-10-28)34-18-45-39(47-34)36-16-31(59(6)55)20-50(36)41(53)37(25(3)4)48-42(54)56-5/h7-14,17-18,21,23-26,31-32,35-37,43H,15-16,19-20,22H2,1-6H3,(H,44,46)(H,45,47)(H,48,54)/t26-,31-,32-,35-,36-,37-,59?/m0/s1. The number of imidazole rings is 2. The van der Waals surface area contributed by atoms with Crippen LogP contribution in [-0.4, -0.2) is 109 Å². The largest absolute Gasteiger partial charge is 0.616 e. The molecule has 17 heteroatoms. The summed E-state index contributed by atoms with van der Waals surface area (Å²) >= 11 is -1.17. The van der Waals surface area contributed by atoms with Crippen LogP contribution in [0.2, 0.25) is 0 Å². The monoisotopic (exact) mass is 828 g/mol. The summed E-state index contributed by atoms with van der Waals surface area (Å²) in [5.74, 6) is -0.372. The molecule has 2 fully saturated rings. The first-order valence-electron chi connectivity index (χ1n) is 19.6. The third kappa shape index (κ3) is 9.69. The van der Waals surface area contributed by atoms with Crippen LogP contribution in [0, 0.1) is 29.1 Å². The van der Waals surface area contributed by atoms with Crippen LogP contribution in [0.15, 0.2) is 60.9 Å². The molecule has 1 unspecified atom stereocenters. The van der Waals surface area contributed by atoms with Gasteiger partial charge >= 0.3 is 6.09 Å². The molecule has 4 N–H and O–H groups in total. The normalized spacial score (nSPS) is 20.7. The quantitative estimate of drug-likeness (QED) is 0.0213. The lowest BCUT2D eigenvalue weighted by molar-refractivity contribution is -0.229. The molecule has 4 aromatic rings. The summed E-state index contributed by atoms with van der Waals surface area (Å²) in [5.41, 5.74) is 5.35. The number of amides is 3. The minimum Gasteiger partial charge on any atom is -0.616 e. The molecule has 2 saturated heterocycles. The highest BCUT2D eigenvalue weighted by Crippen LogP contribution is 2.38. The molecule has 6 rings (SSSR count). The Labute approximate surface area is 346 Å². The van der Waals surface area contributed by atoms with Crippen molar-refractivity contribution >= 4 is 41.8 Å². The second-order valence-corrected chi connectivity index (χ2v) is 17.4. The number of ether oxygens (including phenoxy) is 1. The van der Waals surface area contributed by atoms with Gasteiger partial charge in [0.25, 0.3) is 0 Å². The molecule has 0 bridgehead atoms. The molecular formula is C42H52N8O8S. The van der Waals surface area contributed by atoms with Gasteiger partial charge in [0.05, 0.1) is 61.7 Å². The molecule has 16 nitrogen and oxygen atoms in total. The molecule has 2 aromatic heterocycles. The average molecular weight is 829 g/mol. The van der Waals surface area contributed by atoms with Crippen LogP contribution in [-0.2, 0) is 40.1 Å². The van der Waals surface area contributed by atoms with Crippen LogP contribution in [0.3, 0.4) is 0 Å². The number of hydrogen-bond acceptors (Lipinski definition) is 11. The summed E-state index contributed by atoms with van der Waals surface area (Å²) in [4.78, 5) is 80.5. The highest BCUT2D eigenvalue weighted by Gasteiger charge is 2.45. The van der Waals surface area contributed by atoms with E-state index in [2.05, 4.69) is 30.1 Å². The summed E-state index contributed by atoms with van der Waals surface area (Å²) in [6, 6.07) is 14.4. The molecule has 0 aliphatic carbocycles. The number of methoxy groups -OCH3 is 1. The summed E-state index contributed by atoms with van der Waals surface area (Å²) in [7, 11) is 1.25. The Kier molecular flexibility index (Phi) is 13.9. The van der Waals surface area contributed by atoms with Crippen molar-refractivity contribution in [2.24, 2.45) is 23.7 Å². The average Bonchev–Trinajstić information content (AvgIpc) is 4.07. The van der Waals surface area contributed by atoms with Crippen LogP contribution in [0.25, 0.3) is 33.6 Å². The maximum Gasteiger partial charge on any atom is 0.407 e. The number of aromatic amines is 2. The van der Waals surface area contributed by atoms with Gasteiger partial charge in [0.1, 0.15) is 35.8 Å². The van der Waals surface area contributed by atoms with E-state index in [0.29, 0.717) is 30.9 Å². The molecule has 4 heterocycles. The Bertz CT molecular complexity index is 2090. The van der Waals surface area contributed by atoms with Crippen molar-refractivity contribution in [3.05, 3.63) is 72.6 Å². The number of aldehydes is 1. The fraction of sp³-hybridized carbons (Fsp3) is 0.452. The van der Waals surface area contributed by atoms with E-state index in [1.807, 2.05) is 76.2 Å². The number of carbonyl (C=O) groups is 4. The van der Waals surface area contributed by atoms with E-state index in [1.165, 1.54) is 7.11 Å². The lowest BCUT2D eigenvalue weighted by atomic mass is 9.95. The third-order valence-electron chi connectivity index (χ3n) is 11.2. The Balaban J connectivity index is 1.14. The first-order chi connectivity index (χ1) is 28.3. The Morgan fingerprint density at radius 1 is 0.864 bits per heavy atom. The van der Waals surface area contributed by atoms with Gasteiger partial charge in [-0.25, -0.2) is 14.8 Å².